The second-order valence-corrected chi connectivity index (χ2v) is 15.1. The van der Waals surface area contributed by atoms with Crippen LogP contribution in [0, 0.1) is 20.2 Å². The van der Waals surface area contributed by atoms with Crippen molar-refractivity contribution >= 4 is 77.6 Å². The summed E-state index contributed by atoms with van der Waals surface area (Å²) in [5.41, 5.74) is 0.246. The number of benzene rings is 6. The number of para-hydroxylation sites is 2. The fourth-order valence-electron chi connectivity index (χ4n) is 4.90. The number of urea groups is 2. The molecule has 58 heavy (non-hydrogen) atoms. The minimum atomic E-state index is -4.02. The third kappa shape index (κ3) is 11.6. The number of rotatable bonds is 12. The van der Waals surface area contributed by atoms with E-state index in [0.29, 0.717) is 11.4 Å². The molecule has 0 saturated heterocycles. The number of hydrogen-bond acceptors (Lipinski definition) is 10. The summed E-state index contributed by atoms with van der Waals surface area (Å²) in [7, 11) is -8.03. The maximum atomic E-state index is 12.6. The van der Waals surface area contributed by atoms with Crippen LogP contribution in [-0.2, 0) is 20.0 Å². The molecule has 6 rings (SSSR count). The van der Waals surface area contributed by atoms with Crippen LogP contribution in [0.3, 0.4) is 0 Å². The van der Waals surface area contributed by atoms with Crippen molar-refractivity contribution in [1.29, 1.82) is 0 Å². The molecule has 0 spiro atoms. The Morgan fingerprint density at radius 3 is 1.03 bits per heavy atom. The van der Waals surface area contributed by atoms with Crippen LogP contribution in [0.2, 0.25) is 0 Å². The van der Waals surface area contributed by atoms with Gasteiger partial charge in [0, 0.05) is 35.6 Å². The zero-order valence-corrected chi connectivity index (χ0v) is 31.4. The molecule has 0 aliphatic carbocycles. The summed E-state index contributed by atoms with van der Waals surface area (Å²) < 4.78 is 55.0. The van der Waals surface area contributed by atoms with Crippen LogP contribution in [0.4, 0.5) is 55.1 Å². The van der Waals surface area contributed by atoms with Gasteiger partial charge in [0.05, 0.1) is 42.4 Å². The third-order valence-corrected chi connectivity index (χ3v) is 10.3. The number of nitro groups is 2. The van der Waals surface area contributed by atoms with E-state index in [2.05, 4.69) is 30.7 Å². The maximum absolute atomic E-state index is 12.6. The van der Waals surface area contributed by atoms with Gasteiger partial charge in [-0.1, -0.05) is 72.8 Å². The van der Waals surface area contributed by atoms with Gasteiger partial charge < -0.3 is 21.3 Å². The van der Waals surface area contributed by atoms with Gasteiger partial charge in [0.15, 0.2) is 0 Å². The van der Waals surface area contributed by atoms with Crippen molar-refractivity contribution in [3.63, 3.8) is 0 Å². The van der Waals surface area contributed by atoms with Crippen LogP contribution in [0.5, 0.6) is 0 Å². The minimum Gasteiger partial charge on any atom is -0.308 e. The van der Waals surface area contributed by atoms with Crippen molar-refractivity contribution in [3.8, 4) is 0 Å². The van der Waals surface area contributed by atoms with Crippen molar-refractivity contribution in [1.82, 2.24) is 0 Å². The summed E-state index contributed by atoms with van der Waals surface area (Å²) in [5.74, 6) is 0. The molecular weight excluding hydrogens is 793 g/mol. The van der Waals surface area contributed by atoms with Gasteiger partial charge in [0.1, 0.15) is 0 Å². The van der Waals surface area contributed by atoms with Crippen LogP contribution in [-0.4, -0.2) is 38.7 Å². The van der Waals surface area contributed by atoms with Gasteiger partial charge in [-0.05, 0) is 60.7 Å². The number of sulfonamides is 2. The van der Waals surface area contributed by atoms with Crippen molar-refractivity contribution in [2.45, 2.75) is 9.79 Å². The molecule has 18 nitrogen and oxygen atoms in total. The number of non-ortho nitro benzene ring substituents is 2. The van der Waals surface area contributed by atoms with Crippen LogP contribution < -0.4 is 30.7 Å². The molecule has 6 aromatic carbocycles. The standard InChI is InChI=1S/2C19H16N4O5S/c2*24-19(20-14-7-3-1-4-8-14)21-17-12-11-15(23(25)26)13-18(17)22-29(27,28)16-9-5-2-6-10-16/h2*1-13,22H,(H2,20,21,24). The lowest BCUT2D eigenvalue weighted by molar-refractivity contribution is -0.385. The highest BCUT2D eigenvalue weighted by Gasteiger charge is 2.21. The van der Waals surface area contributed by atoms with Crippen LogP contribution >= 0.6 is 0 Å². The molecule has 6 aromatic rings. The molecule has 4 amide bonds. The van der Waals surface area contributed by atoms with Gasteiger partial charge in [0.25, 0.3) is 31.4 Å². The normalized spacial score (nSPS) is 10.8. The first-order valence-electron chi connectivity index (χ1n) is 16.7. The lowest BCUT2D eigenvalue weighted by Gasteiger charge is -2.14. The van der Waals surface area contributed by atoms with Gasteiger partial charge in [-0.15, -0.1) is 0 Å². The van der Waals surface area contributed by atoms with Crippen LogP contribution in [0.1, 0.15) is 0 Å². The topological polar surface area (TPSA) is 261 Å². The summed E-state index contributed by atoms with van der Waals surface area (Å²) >= 11 is 0. The largest absolute Gasteiger partial charge is 0.323 e. The van der Waals surface area contributed by atoms with Gasteiger partial charge in [0.2, 0.25) is 0 Å². The van der Waals surface area contributed by atoms with E-state index in [-0.39, 0.29) is 43.9 Å². The van der Waals surface area contributed by atoms with Gasteiger partial charge in [-0.25, -0.2) is 26.4 Å². The molecule has 0 saturated carbocycles. The Morgan fingerprint density at radius 2 is 0.724 bits per heavy atom. The third-order valence-electron chi connectivity index (χ3n) is 7.58. The molecule has 0 heterocycles. The molecule has 20 heteroatoms. The van der Waals surface area contributed by atoms with Gasteiger partial charge in [-0.2, -0.15) is 0 Å². The lowest BCUT2D eigenvalue weighted by atomic mass is 10.2. The smallest absolute Gasteiger partial charge is 0.308 e. The molecule has 0 aliphatic heterocycles. The Balaban J connectivity index is 0.000000221. The predicted molar refractivity (Wildman–Crippen MR) is 219 cm³/mol. The van der Waals surface area contributed by atoms with E-state index in [9.17, 15) is 46.7 Å². The average Bonchev–Trinajstić information content (AvgIpc) is 3.20. The predicted octanol–water partition coefficient (Wildman–Crippen LogP) is 8.08. The summed E-state index contributed by atoms with van der Waals surface area (Å²) in [4.78, 5) is 45.3. The number of nitrogens with one attached hydrogen (secondary N) is 6. The van der Waals surface area contributed by atoms with E-state index in [0.717, 1.165) is 12.1 Å². The highest BCUT2D eigenvalue weighted by Crippen LogP contribution is 2.31. The maximum Gasteiger partial charge on any atom is 0.323 e. The van der Waals surface area contributed by atoms with Crippen LogP contribution in [0.15, 0.2) is 168 Å². The summed E-state index contributed by atoms with van der Waals surface area (Å²) in [6.07, 6.45) is 0. The summed E-state index contributed by atoms with van der Waals surface area (Å²) in [6.45, 7) is 0. The Bertz CT molecular complexity index is 2460. The van der Waals surface area contributed by atoms with Crippen LogP contribution in [0.25, 0.3) is 0 Å². The van der Waals surface area contributed by atoms with E-state index in [4.69, 9.17) is 0 Å². The molecule has 0 aliphatic rings. The molecule has 296 valence electrons. The van der Waals surface area contributed by atoms with E-state index in [1.807, 2.05) is 0 Å². The number of nitro benzene ring substituents is 2. The first kappa shape index (κ1) is 41.3. The number of nitrogens with zero attached hydrogens (tertiary/aromatic N) is 2. The van der Waals surface area contributed by atoms with Crippen molar-refractivity contribution in [2.75, 3.05) is 30.7 Å². The summed E-state index contributed by atoms with van der Waals surface area (Å²) in [5, 5.41) is 32.4. The molecule has 0 aromatic heterocycles. The first-order chi connectivity index (χ1) is 27.7. The molecular formula is C38H32N8O10S2. The SMILES string of the molecule is O=C(Nc1ccccc1)Nc1ccc([N+](=O)[O-])cc1NS(=O)(=O)c1ccccc1.O=C(Nc1ccccc1)Nc1ccc([N+](=O)[O-])cc1NS(=O)(=O)c1ccccc1. The zero-order chi connectivity index (χ0) is 41.7. The van der Waals surface area contributed by atoms with Gasteiger partial charge >= 0.3 is 12.1 Å². The Hall–Kier alpha value is -7.84. The fraction of sp³-hybridized carbons (Fsp3) is 0. The van der Waals surface area contributed by atoms with Crippen molar-refractivity contribution < 1.29 is 36.3 Å². The van der Waals surface area contributed by atoms with Gasteiger partial charge in [-0.3, -0.25) is 29.7 Å². The average molecular weight is 825 g/mol. The second-order valence-electron chi connectivity index (χ2n) is 11.7. The quantitative estimate of drug-likeness (QED) is 0.0510. The lowest BCUT2D eigenvalue weighted by Crippen LogP contribution is -2.21. The number of amides is 4. The minimum absolute atomic E-state index is 0.0220. The van der Waals surface area contributed by atoms with E-state index in [1.54, 1.807) is 97.1 Å². The summed E-state index contributed by atoms with van der Waals surface area (Å²) in [6, 6.07) is 37.9. The second kappa shape index (κ2) is 18.7. The molecule has 0 radical (unpaired) electrons. The van der Waals surface area contributed by atoms with E-state index >= 15 is 0 Å². The number of carbonyl (C=O) groups is 2. The number of hydrogen-bond donors (Lipinski definition) is 6. The Morgan fingerprint density at radius 1 is 0.414 bits per heavy atom. The monoisotopic (exact) mass is 824 g/mol. The first-order valence-corrected chi connectivity index (χ1v) is 19.7. The highest BCUT2D eigenvalue weighted by atomic mass is 32.2. The molecule has 0 bridgehead atoms. The molecule has 6 N–H and O–H groups in total. The Kier molecular flexibility index (Phi) is 13.3. The number of carbonyl (C=O) groups excluding carboxylic acids is 2. The Labute approximate surface area is 331 Å². The molecule has 0 unspecified atom stereocenters. The molecule has 0 fully saturated rings. The van der Waals surface area contributed by atoms with Crippen molar-refractivity contribution in [2.24, 2.45) is 0 Å². The van der Waals surface area contributed by atoms with Crippen molar-refractivity contribution in [3.05, 3.63) is 178 Å². The highest BCUT2D eigenvalue weighted by molar-refractivity contribution is 7.93. The zero-order valence-electron chi connectivity index (χ0n) is 29.8. The fourth-order valence-corrected chi connectivity index (χ4v) is 7.08. The van der Waals surface area contributed by atoms with E-state index in [1.165, 1.54) is 48.5 Å². The van der Waals surface area contributed by atoms with E-state index < -0.39 is 42.0 Å². The number of anilines is 6. The molecule has 0 atom stereocenters.